The standard InChI is InChI=1S/C13H11F6NO/c14-12(15,16)9-5-3-8(4-6-9)11(21)20-7-1-2-10(20)13(17,18)19/h3-6,10H,1-2,7H2. The van der Waals surface area contributed by atoms with Gasteiger partial charge in [-0.2, -0.15) is 26.3 Å². The minimum Gasteiger partial charge on any atom is -0.327 e. The van der Waals surface area contributed by atoms with E-state index in [2.05, 4.69) is 0 Å². The summed E-state index contributed by atoms with van der Waals surface area (Å²) in [4.78, 5) is 12.7. The minimum atomic E-state index is -4.55. The Balaban J connectivity index is 2.20. The maximum atomic E-state index is 12.8. The van der Waals surface area contributed by atoms with Gasteiger partial charge >= 0.3 is 12.4 Å². The lowest BCUT2D eigenvalue weighted by atomic mass is 10.1. The summed E-state index contributed by atoms with van der Waals surface area (Å²) in [6.07, 6.45) is -9.05. The SMILES string of the molecule is O=C(c1ccc(C(F)(F)F)cc1)N1CCCC1C(F)(F)F. The third-order valence-corrected chi connectivity index (χ3v) is 3.35. The molecule has 0 aliphatic carbocycles. The number of hydrogen-bond donors (Lipinski definition) is 0. The molecule has 1 aliphatic heterocycles. The normalized spacial score (nSPS) is 19.9. The van der Waals surface area contributed by atoms with Crippen molar-refractivity contribution >= 4 is 5.91 Å². The molecule has 21 heavy (non-hydrogen) atoms. The Morgan fingerprint density at radius 3 is 2.10 bits per heavy atom. The molecule has 0 saturated carbocycles. The second-order valence-corrected chi connectivity index (χ2v) is 4.77. The Labute approximate surface area is 116 Å². The van der Waals surface area contributed by atoms with Gasteiger partial charge in [-0.05, 0) is 37.1 Å². The number of alkyl halides is 6. The summed E-state index contributed by atoms with van der Waals surface area (Å²) in [6.45, 7) is -0.0516. The number of rotatable bonds is 1. The molecule has 0 bridgehead atoms. The van der Waals surface area contributed by atoms with E-state index in [-0.39, 0.29) is 24.9 Å². The highest BCUT2D eigenvalue weighted by atomic mass is 19.4. The van der Waals surface area contributed by atoms with Gasteiger partial charge in [0, 0.05) is 12.1 Å². The summed E-state index contributed by atoms with van der Waals surface area (Å²) < 4.78 is 75.5. The average molecular weight is 311 g/mol. The van der Waals surface area contributed by atoms with Crippen molar-refractivity contribution in [1.29, 1.82) is 0 Å². The Morgan fingerprint density at radius 1 is 1.05 bits per heavy atom. The molecule has 1 saturated heterocycles. The first-order valence-electron chi connectivity index (χ1n) is 6.15. The van der Waals surface area contributed by atoms with Gasteiger partial charge in [0.2, 0.25) is 0 Å². The van der Waals surface area contributed by atoms with E-state index in [4.69, 9.17) is 0 Å². The zero-order chi connectivity index (χ0) is 15.8. The molecule has 116 valence electrons. The van der Waals surface area contributed by atoms with Gasteiger partial charge in [0.15, 0.2) is 0 Å². The van der Waals surface area contributed by atoms with E-state index >= 15 is 0 Å². The first-order valence-corrected chi connectivity index (χ1v) is 6.15. The van der Waals surface area contributed by atoms with Crippen LogP contribution in [-0.4, -0.2) is 29.6 Å². The van der Waals surface area contributed by atoms with Crippen molar-refractivity contribution in [1.82, 2.24) is 4.90 Å². The molecule has 2 nitrogen and oxygen atoms in total. The number of hydrogen-bond acceptors (Lipinski definition) is 1. The highest BCUT2D eigenvalue weighted by molar-refractivity contribution is 5.94. The number of nitrogens with zero attached hydrogens (tertiary/aromatic N) is 1. The van der Waals surface area contributed by atoms with E-state index in [1.807, 2.05) is 0 Å². The van der Waals surface area contributed by atoms with Gasteiger partial charge < -0.3 is 4.90 Å². The van der Waals surface area contributed by atoms with Crippen LogP contribution in [0.15, 0.2) is 24.3 Å². The predicted molar refractivity (Wildman–Crippen MR) is 61.6 cm³/mol. The van der Waals surface area contributed by atoms with Crippen molar-refractivity contribution < 1.29 is 31.1 Å². The number of benzene rings is 1. The third-order valence-electron chi connectivity index (χ3n) is 3.35. The molecule has 1 aliphatic rings. The first-order chi connectivity index (χ1) is 9.60. The van der Waals surface area contributed by atoms with Crippen LogP contribution in [0.25, 0.3) is 0 Å². The van der Waals surface area contributed by atoms with Crippen molar-refractivity contribution in [2.45, 2.75) is 31.2 Å². The molecule has 1 heterocycles. The molecule has 2 rings (SSSR count). The average Bonchev–Trinajstić information content (AvgIpc) is 2.86. The van der Waals surface area contributed by atoms with Crippen LogP contribution in [-0.2, 0) is 6.18 Å². The molecule has 1 unspecified atom stereocenters. The molecule has 0 spiro atoms. The van der Waals surface area contributed by atoms with Gasteiger partial charge in [0.25, 0.3) is 5.91 Å². The molecular formula is C13H11F6NO. The van der Waals surface area contributed by atoms with E-state index < -0.39 is 29.9 Å². The summed E-state index contributed by atoms with van der Waals surface area (Å²) in [5.74, 6) is -0.899. The highest BCUT2D eigenvalue weighted by Crippen LogP contribution is 2.34. The second kappa shape index (κ2) is 5.23. The summed E-state index contributed by atoms with van der Waals surface area (Å²) >= 11 is 0. The summed E-state index contributed by atoms with van der Waals surface area (Å²) in [7, 11) is 0. The van der Waals surface area contributed by atoms with Crippen LogP contribution < -0.4 is 0 Å². The van der Waals surface area contributed by atoms with Crippen molar-refractivity contribution in [2.24, 2.45) is 0 Å². The molecule has 1 aromatic carbocycles. The number of carbonyl (C=O) groups is 1. The number of carbonyl (C=O) groups excluding carboxylic acids is 1. The molecule has 1 amide bonds. The first kappa shape index (κ1) is 15.7. The van der Waals surface area contributed by atoms with Crippen LogP contribution in [0, 0.1) is 0 Å². The maximum absolute atomic E-state index is 12.8. The van der Waals surface area contributed by atoms with E-state index in [0.29, 0.717) is 17.0 Å². The Morgan fingerprint density at radius 2 is 1.62 bits per heavy atom. The fraction of sp³-hybridized carbons (Fsp3) is 0.462. The second-order valence-electron chi connectivity index (χ2n) is 4.77. The number of halogens is 6. The largest absolute Gasteiger partial charge is 0.416 e. The third kappa shape index (κ3) is 3.30. The quantitative estimate of drug-likeness (QED) is 0.721. The summed E-state index contributed by atoms with van der Waals surface area (Å²) in [5, 5.41) is 0. The lowest BCUT2D eigenvalue weighted by Crippen LogP contribution is -2.44. The van der Waals surface area contributed by atoms with E-state index in [1.54, 1.807) is 0 Å². The molecule has 1 atom stereocenters. The molecule has 0 N–H and O–H groups in total. The molecule has 0 radical (unpaired) electrons. The lowest BCUT2D eigenvalue weighted by Gasteiger charge is -2.26. The van der Waals surface area contributed by atoms with Crippen LogP contribution in [0.5, 0.6) is 0 Å². The van der Waals surface area contributed by atoms with Crippen molar-refractivity contribution in [3.63, 3.8) is 0 Å². The van der Waals surface area contributed by atoms with Crippen LogP contribution in [0.1, 0.15) is 28.8 Å². The number of amides is 1. The predicted octanol–water partition coefficient (Wildman–Crippen LogP) is 3.87. The zero-order valence-electron chi connectivity index (χ0n) is 10.6. The van der Waals surface area contributed by atoms with Crippen LogP contribution >= 0.6 is 0 Å². The molecule has 1 aromatic rings. The molecular weight excluding hydrogens is 300 g/mol. The van der Waals surface area contributed by atoms with Gasteiger partial charge in [-0.25, -0.2) is 0 Å². The van der Waals surface area contributed by atoms with Crippen LogP contribution in [0.2, 0.25) is 0 Å². The molecule has 0 aromatic heterocycles. The van der Waals surface area contributed by atoms with Gasteiger partial charge in [-0.15, -0.1) is 0 Å². The highest BCUT2D eigenvalue weighted by Gasteiger charge is 2.47. The fourth-order valence-corrected chi connectivity index (χ4v) is 2.32. The minimum absolute atomic E-state index is 0.0516. The topological polar surface area (TPSA) is 20.3 Å². The van der Waals surface area contributed by atoms with Crippen molar-refractivity contribution in [3.8, 4) is 0 Å². The van der Waals surface area contributed by atoms with Gasteiger partial charge in [0.05, 0.1) is 5.56 Å². The summed E-state index contributed by atoms with van der Waals surface area (Å²) in [6, 6.07) is 1.30. The Bertz CT molecular complexity index is 519. The number of likely N-dealkylation sites (tertiary alicyclic amines) is 1. The molecule has 8 heteroatoms. The van der Waals surface area contributed by atoms with Gasteiger partial charge in [0.1, 0.15) is 6.04 Å². The van der Waals surface area contributed by atoms with E-state index in [9.17, 15) is 31.1 Å². The lowest BCUT2D eigenvalue weighted by molar-refractivity contribution is -0.169. The van der Waals surface area contributed by atoms with E-state index in [1.165, 1.54) is 0 Å². The Kier molecular flexibility index (Phi) is 3.90. The monoisotopic (exact) mass is 311 g/mol. The Hall–Kier alpha value is -1.73. The van der Waals surface area contributed by atoms with Crippen LogP contribution in [0.4, 0.5) is 26.3 Å². The van der Waals surface area contributed by atoms with Gasteiger partial charge in [-0.1, -0.05) is 0 Å². The summed E-state index contributed by atoms with van der Waals surface area (Å²) in [5.41, 5.74) is -1.13. The van der Waals surface area contributed by atoms with E-state index in [0.717, 1.165) is 12.1 Å². The fourth-order valence-electron chi connectivity index (χ4n) is 2.32. The molecule has 1 fully saturated rings. The van der Waals surface area contributed by atoms with Crippen molar-refractivity contribution in [3.05, 3.63) is 35.4 Å². The zero-order valence-corrected chi connectivity index (χ0v) is 10.6. The van der Waals surface area contributed by atoms with Crippen LogP contribution in [0.3, 0.4) is 0 Å². The maximum Gasteiger partial charge on any atom is 0.416 e. The van der Waals surface area contributed by atoms with Gasteiger partial charge in [-0.3, -0.25) is 4.79 Å². The van der Waals surface area contributed by atoms with Crippen molar-refractivity contribution in [2.75, 3.05) is 6.54 Å². The smallest absolute Gasteiger partial charge is 0.327 e.